The Labute approximate surface area is 150 Å². The SMILES string of the molecule is CCOC(=O)Cc1csc(NC(=O)/C=C/c2cc(C)ccc2OC)n1. The van der Waals surface area contributed by atoms with E-state index in [9.17, 15) is 9.59 Å². The molecule has 0 fully saturated rings. The molecule has 0 spiro atoms. The average Bonchev–Trinajstić information content (AvgIpc) is 3.00. The smallest absolute Gasteiger partial charge is 0.311 e. The lowest BCUT2D eigenvalue weighted by atomic mass is 10.1. The monoisotopic (exact) mass is 360 g/mol. The molecule has 7 heteroatoms. The van der Waals surface area contributed by atoms with E-state index in [1.165, 1.54) is 17.4 Å². The van der Waals surface area contributed by atoms with Crippen molar-refractivity contribution in [3.63, 3.8) is 0 Å². The molecular weight excluding hydrogens is 340 g/mol. The summed E-state index contributed by atoms with van der Waals surface area (Å²) in [5.41, 5.74) is 2.47. The van der Waals surface area contributed by atoms with Crippen molar-refractivity contribution in [2.75, 3.05) is 19.0 Å². The second-order valence-corrected chi connectivity index (χ2v) is 6.05. The molecule has 2 aromatic rings. The predicted octanol–water partition coefficient (Wildman–Crippen LogP) is 3.22. The van der Waals surface area contributed by atoms with Crippen LogP contribution in [0.5, 0.6) is 5.75 Å². The Morgan fingerprint density at radius 3 is 2.88 bits per heavy atom. The van der Waals surface area contributed by atoms with Crippen LogP contribution >= 0.6 is 11.3 Å². The molecule has 0 unspecified atom stereocenters. The van der Waals surface area contributed by atoms with Crippen LogP contribution in [-0.4, -0.2) is 30.6 Å². The number of esters is 1. The first-order chi connectivity index (χ1) is 12.0. The molecule has 1 aromatic heterocycles. The van der Waals surface area contributed by atoms with Gasteiger partial charge in [0.2, 0.25) is 5.91 Å². The minimum atomic E-state index is -0.336. The summed E-state index contributed by atoms with van der Waals surface area (Å²) >= 11 is 1.26. The largest absolute Gasteiger partial charge is 0.496 e. The van der Waals surface area contributed by atoms with Gasteiger partial charge in [0.1, 0.15) is 5.75 Å². The van der Waals surface area contributed by atoms with Crippen molar-refractivity contribution in [3.05, 3.63) is 46.5 Å². The number of nitrogens with zero attached hydrogens (tertiary/aromatic N) is 1. The molecular formula is C18H20N2O4S. The maximum Gasteiger partial charge on any atom is 0.311 e. The van der Waals surface area contributed by atoms with Crippen LogP contribution in [0.3, 0.4) is 0 Å². The summed E-state index contributed by atoms with van der Waals surface area (Å²) in [6, 6.07) is 5.73. The number of ether oxygens (including phenoxy) is 2. The van der Waals surface area contributed by atoms with E-state index in [1.807, 2.05) is 25.1 Å². The number of hydrogen-bond acceptors (Lipinski definition) is 6. The van der Waals surface area contributed by atoms with Crippen LogP contribution in [-0.2, 0) is 20.7 Å². The first-order valence-corrected chi connectivity index (χ1v) is 8.63. The average molecular weight is 360 g/mol. The van der Waals surface area contributed by atoms with Gasteiger partial charge in [0, 0.05) is 17.0 Å². The van der Waals surface area contributed by atoms with E-state index >= 15 is 0 Å². The number of methoxy groups -OCH3 is 1. The molecule has 0 aliphatic rings. The number of aryl methyl sites for hydroxylation is 1. The quantitative estimate of drug-likeness (QED) is 0.606. The van der Waals surface area contributed by atoms with Crippen LogP contribution in [0, 0.1) is 6.92 Å². The van der Waals surface area contributed by atoms with Crippen molar-refractivity contribution < 1.29 is 19.1 Å². The van der Waals surface area contributed by atoms with Crippen molar-refractivity contribution >= 4 is 34.4 Å². The second-order valence-electron chi connectivity index (χ2n) is 5.19. The van der Waals surface area contributed by atoms with E-state index in [0.29, 0.717) is 23.2 Å². The van der Waals surface area contributed by atoms with Gasteiger partial charge in [-0.05, 0) is 32.1 Å². The third kappa shape index (κ3) is 5.72. The second kappa shape index (κ2) is 8.98. The molecule has 25 heavy (non-hydrogen) atoms. The lowest BCUT2D eigenvalue weighted by molar-refractivity contribution is -0.142. The fraction of sp³-hybridized carbons (Fsp3) is 0.278. The molecule has 132 valence electrons. The molecule has 0 bridgehead atoms. The Balaban J connectivity index is 1.97. The van der Waals surface area contributed by atoms with Crippen LogP contribution in [0.15, 0.2) is 29.7 Å². The van der Waals surface area contributed by atoms with Gasteiger partial charge in [-0.2, -0.15) is 0 Å². The lowest BCUT2D eigenvalue weighted by Gasteiger charge is -2.05. The highest BCUT2D eigenvalue weighted by Gasteiger charge is 2.09. The number of rotatable bonds is 7. The van der Waals surface area contributed by atoms with Crippen LogP contribution in [0.4, 0.5) is 5.13 Å². The first-order valence-electron chi connectivity index (χ1n) is 7.75. The summed E-state index contributed by atoms with van der Waals surface area (Å²) in [5, 5.41) is 4.84. The maximum atomic E-state index is 12.0. The fourth-order valence-corrected chi connectivity index (χ4v) is 2.82. The number of nitrogens with one attached hydrogen (secondary N) is 1. The summed E-state index contributed by atoms with van der Waals surface area (Å²) in [5.74, 6) is 0.0540. The number of benzene rings is 1. The van der Waals surface area contributed by atoms with Crippen molar-refractivity contribution in [1.29, 1.82) is 0 Å². The maximum absolute atomic E-state index is 12.0. The van der Waals surface area contributed by atoms with Gasteiger partial charge in [-0.25, -0.2) is 4.98 Å². The zero-order valence-electron chi connectivity index (χ0n) is 14.4. The molecule has 1 aromatic carbocycles. The molecule has 0 saturated heterocycles. The van der Waals surface area contributed by atoms with Crippen LogP contribution in [0.1, 0.15) is 23.7 Å². The Hall–Kier alpha value is -2.67. The number of carbonyl (C=O) groups is 2. The number of hydrogen-bond donors (Lipinski definition) is 1. The third-order valence-electron chi connectivity index (χ3n) is 3.21. The summed E-state index contributed by atoms with van der Waals surface area (Å²) in [7, 11) is 1.59. The molecule has 0 aliphatic heterocycles. The summed E-state index contributed by atoms with van der Waals surface area (Å²) in [4.78, 5) is 27.7. The van der Waals surface area contributed by atoms with Crippen molar-refractivity contribution in [1.82, 2.24) is 4.98 Å². The highest BCUT2D eigenvalue weighted by Crippen LogP contribution is 2.21. The molecule has 6 nitrogen and oxygen atoms in total. The van der Waals surface area contributed by atoms with Crippen LogP contribution < -0.4 is 10.1 Å². The van der Waals surface area contributed by atoms with E-state index in [1.54, 1.807) is 25.5 Å². The van der Waals surface area contributed by atoms with Crippen LogP contribution in [0.25, 0.3) is 6.08 Å². The van der Waals surface area contributed by atoms with Gasteiger partial charge < -0.3 is 9.47 Å². The van der Waals surface area contributed by atoms with Crippen LogP contribution in [0.2, 0.25) is 0 Å². The molecule has 0 atom stereocenters. The van der Waals surface area contributed by atoms with Gasteiger partial charge >= 0.3 is 5.97 Å². The fourth-order valence-electron chi connectivity index (χ4n) is 2.10. The zero-order valence-corrected chi connectivity index (χ0v) is 15.2. The predicted molar refractivity (Wildman–Crippen MR) is 97.8 cm³/mol. The van der Waals surface area contributed by atoms with E-state index in [4.69, 9.17) is 9.47 Å². The number of carbonyl (C=O) groups excluding carboxylic acids is 2. The Morgan fingerprint density at radius 1 is 1.36 bits per heavy atom. The van der Waals surface area contributed by atoms with Crippen molar-refractivity contribution in [2.24, 2.45) is 0 Å². The Morgan fingerprint density at radius 2 is 2.16 bits per heavy atom. The summed E-state index contributed by atoms with van der Waals surface area (Å²) in [6.45, 7) is 4.05. The number of aromatic nitrogens is 1. The van der Waals surface area contributed by atoms with Gasteiger partial charge in [-0.15, -0.1) is 11.3 Å². The minimum absolute atomic E-state index is 0.0938. The van der Waals surface area contributed by atoms with E-state index in [2.05, 4.69) is 10.3 Å². The summed E-state index contributed by atoms with van der Waals surface area (Å²) < 4.78 is 10.1. The number of anilines is 1. The molecule has 0 radical (unpaired) electrons. The molecule has 1 N–H and O–H groups in total. The summed E-state index contributed by atoms with van der Waals surface area (Å²) in [6.07, 6.45) is 3.20. The van der Waals surface area contributed by atoms with E-state index < -0.39 is 0 Å². The lowest BCUT2D eigenvalue weighted by Crippen LogP contribution is -2.09. The molecule has 0 aliphatic carbocycles. The first kappa shape index (κ1) is 18.7. The van der Waals surface area contributed by atoms with E-state index in [-0.39, 0.29) is 18.3 Å². The normalized spacial score (nSPS) is 10.7. The van der Waals surface area contributed by atoms with Gasteiger partial charge in [-0.3, -0.25) is 14.9 Å². The standard InChI is InChI=1S/C18H20N2O4S/c1-4-24-17(22)10-14-11-25-18(19-14)20-16(21)8-6-13-9-12(2)5-7-15(13)23-3/h5-9,11H,4,10H2,1-3H3,(H,19,20,21)/b8-6+. The highest BCUT2D eigenvalue weighted by atomic mass is 32.1. The number of amides is 1. The highest BCUT2D eigenvalue weighted by molar-refractivity contribution is 7.14. The molecule has 1 amide bonds. The van der Waals surface area contributed by atoms with Gasteiger partial charge in [-0.1, -0.05) is 11.6 Å². The van der Waals surface area contributed by atoms with Crippen molar-refractivity contribution in [3.8, 4) is 5.75 Å². The van der Waals surface area contributed by atoms with Gasteiger partial charge in [0.15, 0.2) is 5.13 Å². The molecule has 1 heterocycles. The third-order valence-corrected chi connectivity index (χ3v) is 4.02. The van der Waals surface area contributed by atoms with Gasteiger partial charge in [0.25, 0.3) is 0 Å². The zero-order chi connectivity index (χ0) is 18.2. The molecule has 2 rings (SSSR count). The van der Waals surface area contributed by atoms with Crippen molar-refractivity contribution in [2.45, 2.75) is 20.3 Å². The Bertz CT molecular complexity index is 783. The molecule has 0 saturated carbocycles. The van der Waals surface area contributed by atoms with E-state index in [0.717, 1.165) is 11.1 Å². The minimum Gasteiger partial charge on any atom is -0.496 e. The van der Waals surface area contributed by atoms with Gasteiger partial charge in [0.05, 0.1) is 25.8 Å². The Kier molecular flexibility index (Phi) is 6.71. The number of thiazole rings is 1. The topological polar surface area (TPSA) is 77.5 Å².